The fraction of sp³-hybridized carbons (Fsp3) is 0.842. The lowest BCUT2D eigenvalue weighted by Gasteiger charge is -2.55. The fourth-order valence-corrected chi connectivity index (χ4v) is 6.20. The summed E-state index contributed by atoms with van der Waals surface area (Å²) in [5, 5.41) is 12.0. The number of carbonyl (C=O) groups excluding carboxylic acids is 1. The molecule has 0 saturated heterocycles. The van der Waals surface area contributed by atoms with Gasteiger partial charge in [-0.25, -0.2) is 0 Å². The van der Waals surface area contributed by atoms with Crippen LogP contribution in [0, 0.1) is 17.8 Å². The van der Waals surface area contributed by atoms with E-state index in [0.29, 0.717) is 5.22 Å². The number of aromatic nitrogens is 2. The van der Waals surface area contributed by atoms with Crippen LogP contribution in [0.15, 0.2) is 9.64 Å². The zero-order chi connectivity index (χ0) is 17.8. The minimum Gasteiger partial charge on any atom is -0.415 e. The van der Waals surface area contributed by atoms with Crippen LogP contribution in [-0.4, -0.2) is 26.9 Å². The number of amides is 1. The van der Waals surface area contributed by atoms with E-state index in [2.05, 4.69) is 15.5 Å². The van der Waals surface area contributed by atoms with Crippen molar-refractivity contribution in [2.24, 2.45) is 17.8 Å². The van der Waals surface area contributed by atoms with Crippen molar-refractivity contribution in [3.8, 4) is 0 Å². The average molecular weight is 364 g/mol. The molecule has 1 aromatic rings. The minimum absolute atomic E-state index is 0.00653. The molecule has 0 aromatic carbocycles. The third kappa shape index (κ3) is 3.46. The largest absolute Gasteiger partial charge is 0.415 e. The van der Waals surface area contributed by atoms with Gasteiger partial charge in [0.15, 0.2) is 0 Å². The van der Waals surface area contributed by atoms with Crippen LogP contribution in [0.25, 0.3) is 0 Å². The molecule has 4 bridgehead atoms. The van der Waals surface area contributed by atoms with E-state index < -0.39 is 0 Å². The van der Waals surface area contributed by atoms with Crippen LogP contribution < -0.4 is 5.32 Å². The first-order chi connectivity index (χ1) is 11.7. The Morgan fingerprint density at radius 2 is 1.72 bits per heavy atom. The SMILES string of the molecule is C[C@H](Sc1nnc(C23CC4CC(CC(C4)C2)C3)o1)C(=O)NC(C)(C)C. The molecule has 1 N–H and O–H groups in total. The van der Waals surface area contributed by atoms with Gasteiger partial charge in [-0.2, -0.15) is 0 Å². The standard InChI is InChI=1S/C19H29N3O2S/c1-11(15(23)20-18(2,3)4)25-17-22-21-16(24-17)19-8-12-5-13(9-19)7-14(6-12)10-19/h11-14H,5-10H2,1-4H3,(H,20,23)/t11-,12?,13?,14?,19?/m0/s1. The van der Waals surface area contributed by atoms with E-state index >= 15 is 0 Å². The maximum atomic E-state index is 12.3. The van der Waals surface area contributed by atoms with Gasteiger partial charge in [-0.3, -0.25) is 4.79 Å². The van der Waals surface area contributed by atoms with Gasteiger partial charge in [-0.15, -0.1) is 10.2 Å². The van der Waals surface area contributed by atoms with Crippen LogP contribution in [0.2, 0.25) is 0 Å². The summed E-state index contributed by atoms with van der Waals surface area (Å²) in [6.45, 7) is 7.85. The molecule has 4 aliphatic carbocycles. The van der Waals surface area contributed by atoms with Crippen LogP contribution in [0.1, 0.15) is 72.1 Å². The number of nitrogens with zero attached hydrogens (tertiary/aromatic N) is 2. The van der Waals surface area contributed by atoms with E-state index in [0.717, 1.165) is 23.6 Å². The van der Waals surface area contributed by atoms with Crippen LogP contribution in [0.3, 0.4) is 0 Å². The Hall–Kier alpha value is -1.04. The summed E-state index contributed by atoms with van der Waals surface area (Å²) >= 11 is 1.36. The molecule has 6 heteroatoms. The predicted molar refractivity (Wildman–Crippen MR) is 97.4 cm³/mol. The van der Waals surface area contributed by atoms with Gasteiger partial charge >= 0.3 is 0 Å². The fourth-order valence-electron chi connectivity index (χ4n) is 5.52. The highest BCUT2D eigenvalue weighted by Gasteiger charge is 2.54. The molecule has 1 heterocycles. The van der Waals surface area contributed by atoms with Crippen molar-refractivity contribution < 1.29 is 9.21 Å². The topological polar surface area (TPSA) is 68.0 Å². The molecule has 138 valence electrons. The molecule has 0 radical (unpaired) electrons. The molecule has 4 aliphatic rings. The summed E-state index contributed by atoms with van der Waals surface area (Å²) in [6.07, 6.45) is 7.85. The molecule has 25 heavy (non-hydrogen) atoms. The van der Waals surface area contributed by atoms with Gasteiger partial charge in [-0.1, -0.05) is 11.8 Å². The van der Waals surface area contributed by atoms with Crippen molar-refractivity contribution in [1.82, 2.24) is 15.5 Å². The lowest BCUT2D eigenvalue weighted by molar-refractivity contribution is -0.121. The highest BCUT2D eigenvalue weighted by Crippen LogP contribution is 2.60. The molecule has 0 spiro atoms. The van der Waals surface area contributed by atoms with Gasteiger partial charge in [0.1, 0.15) is 0 Å². The maximum Gasteiger partial charge on any atom is 0.277 e. The molecular weight excluding hydrogens is 334 g/mol. The maximum absolute atomic E-state index is 12.3. The van der Waals surface area contributed by atoms with Crippen molar-refractivity contribution in [3.05, 3.63) is 5.89 Å². The van der Waals surface area contributed by atoms with Crippen LogP contribution >= 0.6 is 11.8 Å². The Bertz CT molecular complexity index is 629. The molecule has 1 aromatic heterocycles. The predicted octanol–water partition coefficient (Wildman–Crippen LogP) is 3.93. The van der Waals surface area contributed by atoms with Crippen molar-refractivity contribution in [2.45, 2.75) is 87.6 Å². The van der Waals surface area contributed by atoms with Gasteiger partial charge in [0, 0.05) is 11.0 Å². The van der Waals surface area contributed by atoms with Gasteiger partial charge < -0.3 is 9.73 Å². The second kappa shape index (κ2) is 6.00. The first-order valence-electron chi connectivity index (χ1n) is 9.55. The van der Waals surface area contributed by atoms with Crippen molar-refractivity contribution in [1.29, 1.82) is 0 Å². The number of carbonyl (C=O) groups is 1. The minimum atomic E-state index is -0.246. The number of rotatable bonds is 4. The molecule has 5 nitrogen and oxygen atoms in total. The highest BCUT2D eigenvalue weighted by molar-refractivity contribution is 8.00. The zero-order valence-corrected chi connectivity index (χ0v) is 16.5. The summed E-state index contributed by atoms with van der Waals surface area (Å²) in [5.41, 5.74) is -0.109. The Kier molecular flexibility index (Phi) is 4.17. The molecule has 1 atom stereocenters. The smallest absolute Gasteiger partial charge is 0.277 e. The quantitative estimate of drug-likeness (QED) is 0.821. The average Bonchev–Trinajstić information content (AvgIpc) is 2.93. The van der Waals surface area contributed by atoms with Gasteiger partial charge in [-0.05, 0) is 84.0 Å². The molecule has 0 aliphatic heterocycles. The number of hydrogen-bond donors (Lipinski definition) is 1. The Labute approximate surface area is 154 Å². The van der Waals surface area contributed by atoms with E-state index in [1.54, 1.807) is 0 Å². The van der Waals surface area contributed by atoms with Crippen molar-refractivity contribution in [3.63, 3.8) is 0 Å². The summed E-state index contributed by atoms with van der Waals surface area (Å²) < 4.78 is 6.08. The molecular formula is C19H29N3O2S. The second-order valence-corrected chi connectivity index (χ2v) is 10.9. The molecule has 5 rings (SSSR count). The van der Waals surface area contributed by atoms with Crippen LogP contribution in [0.4, 0.5) is 0 Å². The summed E-state index contributed by atoms with van der Waals surface area (Å²) in [6, 6.07) is 0. The normalized spacial score (nSPS) is 35.0. The van der Waals surface area contributed by atoms with Crippen LogP contribution in [-0.2, 0) is 10.2 Å². The van der Waals surface area contributed by atoms with Gasteiger partial charge in [0.25, 0.3) is 5.22 Å². The van der Waals surface area contributed by atoms with E-state index in [1.165, 1.54) is 50.3 Å². The Balaban J connectivity index is 1.45. The first kappa shape index (κ1) is 17.4. The third-order valence-corrected chi connectivity index (χ3v) is 6.98. The number of hydrogen-bond acceptors (Lipinski definition) is 5. The summed E-state index contributed by atoms with van der Waals surface area (Å²) in [5.74, 6) is 3.40. The van der Waals surface area contributed by atoms with Gasteiger partial charge in [0.2, 0.25) is 11.8 Å². The lowest BCUT2D eigenvalue weighted by atomic mass is 9.49. The lowest BCUT2D eigenvalue weighted by Crippen LogP contribution is -2.48. The number of thioether (sulfide) groups is 1. The summed E-state index contributed by atoms with van der Waals surface area (Å²) in [7, 11) is 0. The first-order valence-corrected chi connectivity index (χ1v) is 10.4. The molecule has 4 fully saturated rings. The van der Waals surface area contributed by atoms with Crippen LogP contribution in [0.5, 0.6) is 0 Å². The Morgan fingerprint density at radius 1 is 1.16 bits per heavy atom. The monoisotopic (exact) mass is 363 g/mol. The van der Waals surface area contributed by atoms with Crippen molar-refractivity contribution >= 4 is 17.7 Å². The van der Waals surface area contributed by atoms with E-state index in [-0.39, 0.29) is 22.1 Å². The Morgan fingerprint density at radius 3 is 2.24 bits per heavy atom. The summed E-state index contributed by atoms with van der Waals surface area (Å²) in [4.78, 5) is 12.3. The molecule has 4 saturated carbocycles. The zero-order valence-electron chi connectivity index (χ0n) is 15.7. The van der Waals surface area contributed by atoms with E-state index in [1.807, 2.05) is 27.7 Å². The van der Waals surface area contributed by atoms with Gasteiger partial charge in [0.05, 0.1) is 5.25 Å². The third-order valence-electron chi connectivity index (χ3n) is 6.04. The molecule has 1 amide bonds. The van der Waals surface area contributed by atoms with E-state index in [9.17, 15) is 4.79 Å². The van der Waals surface area contributed by atoms with E-state index in [4.69, 9.17) is 4.42 Å². The number of nitrogens with one attached hydrogen (secondary N) is 1. The second-order valence-electron chi connectivity index (χ2n) is 9.57. The highest BCUT2D eigenvalue weighted by atomic mass is 32.2. The molecule has 0 unspecified atom stereocenters. The van der Waals surface area contributed by atoms with Crippen molar-refractivity contribution in [2.75, 3.05) is 0 Å².